The van der Waals surface area contributed by atoms with E-state index in [1.165, 1.54) is 0 Å². The molecule has 0 spiro atoms. The lowest BCUT2D eigenvalue weighted by molar-refractivity contribution is -0.118. The van der Waals surface area contributed by atoms with Crippen LogP contribution in [-0.2, 0) is 4.79 Å². The summed E-state index contributed by atoms with van der Waals surface area (Å²) in [6.07, 6.45) is 0.553. The van der Waals surface area contributed by atoms with E-state index in [1.54, 1.807) is 11.8 Å². The van der Waals surface area contributed by atoms with Crippen LogP contribution in [0.25, 0.3) is 0 Å². The Hall–Kier alpha value is -0.310. The number of hydrogen-bond donors (Lipinski definition) is 0. The Labute approximate surface area is 84.2 Å². The van der Waals surface area contributed by atoms with E-state index in [4.69, 9.17) is 0 Å². The summed E-state index contributed by atoms with van der Waals surface area (Å²) in [6.45, 7) is 10.5. The SMILES string of the molecule is CC1(C)CC(=O)N=C(C(C)(C)C)S1. The predicted octanol–water partition coefficient (Wildman–Crippen LogP) is 2.87. The van der Waals surface area contributed by atoms with Gasteiger partial charge in [0.05, 0.1) is 5.04 Å². The third-order valence-electron chi connectivity index (χ3n) is 1.82. The monoisotopic (exact) mass is 199 g/mol. The molecule has 1 aliphatic rings. The second-order valence-corrected chi connectivity index (χ2v) is 6.80. The Kier molecular flexibility index (Phi) is 2.59. The molecule has 74 valence electrons. The summed E-state index contributed by atoms with van der Waals surface area (Å²) < 4.78 is 0.0153. The van der Waals surface area contributed by atoms with Crippen LogP contribution in [0, 0.1) is 5.41 Å². The topological polar surface area (TPSA) is 29.4 Å². The zero-order chi connectivity index (χ0) is 10.3. The molecule has 3 heteroatoms. The molecule has 0 bridgehead atoms. The molecule has 0 saturated heterocycles. The molecule has 1 rings (SSSR count). The van der Waals surface area contributed by atoms with Crippen LogP contribution in [-0.4, -0.2) is 15.7 Å². The minimum atomic E-state index is -0.00197. The Morgan fingerprint density at radius 2 is 1.92 bits per heavy atom. The lowest BCUT2D eigenvalue weighted by Gasteiger charge is -2.32. The van der Waals surface area contributed by atoms with Gasteiger partial charge in [-0.05, 0) is 13.8 Å². The average molecular weight is 199 g/mol. The molecule has 13 heavy (non-hydrogen) atoms. The number of aliphatic imine (C=N–C) groups is 1. The van der Waals surface area contributed by atoms with Crippen LogP contribution < -0.4 is 0 Å². The van der Waals surface area contributed by atoms with E-state index in [1.807, 2.05) is 0 Å². The van der Waals surface area contributed by atoms with E-state index in [0.29, 0.717) is 6.42 Å². The quantitative estimate of drug-likeness (QED) is 0.600. The number of hydrogen-bond acceptors (Lipinski definition) is 2. The number of nitrogens with zero attached hydrogens (tertiary/aromatic N) is 1. The summed E-state index contributed by atoms with van der Waals surface area (Å²) in [5, 5.41) is 0.966. The summed E-state index contributed by atoms with van der Waals surface area (Å²) >= 11 is 1.73. The zero-order valence-corrected chi connectivity index (χ0v) is 9.79. The van der Waals surface area contributed by atoms with Crippen molar-refractivity contribution in [3.63, 3.8) is 0 Å². The lowest BCUT2D eigenvalue weighted by Crippen LogP contribution is -2.32. The molecule has 0 aromatic rings. The first-order chi connectivity index (χ1) is 5.71. The summed E-state index contributed by atoms with van der Waals surface area (Å²) in [4.78, 5) is 15.4. The number of amides is 1. The van der Waals surface area contributed by atoms with Gasteiger partial charge in [0, 0.05) is 16.6 Å². The fraction of sp³-hybridized carbons (Fsp3) is 0.800. The van der Waals surface area contributed by atoms with Gasteiger partial charge in [-0.25, -0.2) is 4.99 Å². The van der Waals surface area contributed by atoms with E-state index in [-0.39, 0.29) is 16.1 Å². The van der Waals surface area contributed by atoms with Crippen LogP contribution in [0.5, 0.6) is 0 Å². The molecule has 0 aliphatic carbocycles. The summed E-state index contributed by atoms with van der Waals surface area (Å²) in [5.41, 5.74) is -0.00197. The number of rotatable bonds is 0. The molecular weight excluding hydrogens is 182 g/mol. The first-order valence-electron chi connectivity index (χ1n) is 4.52. The van der Waals surface area contributed by atoms with Crippen molar-refractivity contribution in [1.82, 2.24) is 0 Å². The Morgan fingerprint density at radius 1 is 1.38 bits per heavy atom. The maximum absolute atomic E-state index is 11.3. The van der Waals surface area contributed by atoms with Crippen LogP contribution in [0.1, 0.15) is 41.0 Å². The van der Waals surface area contributed by atoms with Crippen LogP contribution >= 0.6 is 11.8 Å². The highest BCUT2D eigenvalue weighted by Gasteiger charge is 2.34. The van der Waals surface area contributed by atoms with Gasteiger partial charge >= 0.3 is 0 Å². The van der Waals surface area contributed by atoms with Gasteiger partial charge in [-0.3, -0.25) is 4.79 Å². The van der Waals surface area contributed by atoms with Crippen molar-refractivity contribution in [2.24, 2.45) is 10.4 Å². The van der Waals surface area contributed by atoms with Crippen LogP contribution in [0.15, 0.2) is 4.99 Å². The van der Waals surface area contributed by atoms with E-state index in [2.05, 4.69) is 39.6 Å². The van der Waals surface area contributed by atoms with Crippen molar-refractivity contribution in [1.29, 1.82) is 0 Å². The molecular formula is C10H17NOS. The average Bonchev–Trinajstić information content (AvgIpc) is 1.79. The molecule has 1 heterocycles. The first kappa shape index (κ1) is 10.8. The zero-order valence-electron chi connectivity index (χ0n) is 8.97. The van der Waals surface area contributed by atoms with Crippen molar-refractivity contribution < 1.29 is 4.79 Å². The first-order valence-corrected chi connectivity index (χ1v) is 5.33. The highest BCUT2D eigenvalue weighted by molar-refractivity contribution is 8.15. The molecule has 0 unspecified atom stereocenters. The molecule has 1 amide bonds. The minimum absolute atomic E-state index is 0.00197. The largest absolute Gasteiger partial charge is 0.273 e. The molecule has 0 atom stereocenters. The van der Waals surface area contributed by atoms with E-state index in [0.717, 1.165) is 5.04 Å². The molecule has 0 saturated carbocycles. The summed E-state index contributed by atoms with van der Waals surface area (Å²) in [6, 6.07) is 0. The Bertz CT molecular complexity index is 261. The Balaban J connectivity index is 2.94. The van der Waals surface area contributed by atoms with Crippen molar-refractivity contribution in [3.8, 4) is 0 Å². The summed E-state index contributed by atoms with van der Waals surface area (Å²) in [5.74, 6) is 0.0219. The van der Waals surface area contributed by atoms with Crippen molar-refractivity contribution in [2.45, 2.75) is 45.8 Å². The highest BCUT2D eigenvalue weighted by Crippen LogP contribution is 2.39. The van der Waals surface area contributed by atoms with Crippen molar-refractivity contribution in [2.75, 3.05) is 0 Å². The number of carbonyl (C=O) groups excluding carboxylic acids is 1. The molecule has 1 aliphatic heterocycles. The highest BCUT2D eigenvalue weighted by atomic mass is 32.2. The van der Waals surface area contributed by atoms with E-state index >= 15 is 0 Å². The lowest BCUT2D eigenvalue weighted by atomic mass is 9.98. The van der Waals surface area contributed by atoms with Gasteiger partial charge in [0.1, 0.15) is 0 Å². The molecule has 0 radical (unpaired) electrons. The number of thioether (sulfide) groups is 1. The molecule has 0 fully saturated rings. The van der Waals surface area contributed by atoms with Gasteiger partial charge in [0.25, 0.3) is 0 Å². The fourth-order valence-electron chi connectivity index (χ4n) is 1.16. The van der Waals surface area contributed by atoms with Gasteiger partial charge in [0.2, 0.25) is 5.91 Å². The van der Waals surface area contributed by atoms with Crippen LogP contribution in [0.4, 0.5) is 0 Å². The van der Waals surface area contributed by atoms with Gasteiger partial charge in [0.15, 0.2) is 0 Å². The van der Waals surface area contributed by atoms with Gasteiger partial charge < -0.3 is 0 Å². The van der Waals surface area contributed by atoms with Gasteiger partial charge in [-0.15, -0.1) is 11.8 Å². The normalized spacial score (nSPS) is 22.8. The van der Waals surface area contributed by atoms with Crippen LogP contribution in [0.2, 0.25) is 0 Å². The minimum Gasteiger partial charge on any atom is -0.273 e. The smallest absolute Gasteiger partial charge is 0.247 e. The standard InChI is InChI=1S/C10H17NOS/c1-9(2,3)8-11-7(12)6-10(4,5)13-8/h6H2,1-5H3. The molecule has 2 nitrogen and oxygen atoms in total. The van der Waals surface area contributed by atoms with Crippen molar-refractivity contribution in [3.05, 3.63) is 0 Å². The predicted molar refractivity (Wildman–Crippen MR) is 58.2 cm³/mol. The maximum Gasteiger partial charge on any atom is 0.247 e. The van der Waals surface area contributed by atoms with Crippen molar-refractivity contribution >= 4 is 22.7 Å². The third kappa shape index (κ3) is 2.83. The second kappa shape index (κ2) is 3.12. The fourth-order valence-corrected chi connectivity index (χ4v) is 2.33. The van der Waals surface area contributed by atoms with Gasteiger partial charge in [-0.1, -0.05) is 20.8 Å². The van der Waals surface area contributed by atoms with E-state index in [9.17, 15) is 4.79 Å². The molecule has 0 aromatic carbocycles. The van der Waals surface area contributed by atoms with E-state index < -0.39 is 0 Å². The third-order valence-corrected chi connectivity index (χ3v) is 3.41. The Morgan fingerprint density at radius 3 is 2.31 bits per heavy atom. The maximum atomic E-state index is 11.3. The molecule has 0 N–H and O–H groups in total. The molecule has 0 aromatic heterocycles. The second-order valence-electron chi connectivity index (χ2n) is 5.10. The number of carbonyl (C=O) groups is 1. The summed E-state index contributed by atoms with van der Waals surface area (Å²) in [7, 11) is 0. The van der Waals surface area contributed by atoms with Gasteiger partial charge in [-0.2, -0.15) is 0 Å². The van der Waals surface area contributed by atoms with Crippen LogP contribution in [0.3, 0.4) is 0 Å².